The number of halogens is 2. The van der Waals surface area contributed by atoms with Crippen molar-refractivity contribution in [1.82, 2.24) is 0 Å². The Kier molecular flexibility index (Phi) is 6.27. The van der Waals surface area contributed by atoms with E-state index in [1.165, 1.54) is 19.1 Å². The summed E-state index contributed by atoms with van der Waals surface area (Å²) in [5.74, 6) is -1.79. The molecule has 0 radical (unpaired) electrons. The number of primary amides is 1. The summed E-state index contributed by atoms with van der Waals surface area (Å²) in [5, 5.41) is -0.0192. The van der Waals surface area contributed by atoms with Gasteiger partial charge in [0.15, 0.2) is 6.10 Å². The maximum Gasteiger partial charge on any atom is 0.340 e. The van der Waals surface area contributed by atoms with Crippen LogP contribution in [0.5, 0.6) is 0 Å². The number of nitrogens with two attached hydrogens (primary N) is 1. The van der Waals surface area contributed by atoms with Gasteiger partial charge in [-0.15, -0.1) is 0 Å². The van der Waals surface area contributed by atoms with Gasteiger partial charge in [-0.3, -0.25) is 9.52 Å². The molecule has 0 aliphatic carbocycles. The van der Waals surface area contributed by atoms with E-state index in [0.717, 1.165) is 10.5 Å². The number of benzene rings is 2. The average Bonchev–Trinajstić information content (AvgIpc) is 2.56. The van der Waals surface area contributed by atoms with E-state index in [-0.39, 0.29) is 15.5 Å². The Labute approximate surface area is 163 Å². The maximum atomic E-state index is 12.5. The number of hydrogen-bond donors (Lipinski definition) is 2. The molecule has 0 aliphatic heterocycles. The van der Waals surface area contributed by atoms with E-state index in [4.69, 9.17) is 22.1 Å². The van der Waals surface area contributed by atoms with Crippen molar-refractivity contribution in [2.75, 3.05) is 4.72 Å². The molecule has 0 heterocycles. The molecule has 2 aromatic rings. The van der Waals surface area contributed by atoms with Crippen molar-refractivity contribution in [2.45, 2.75) is 17.9 Å². The Hall–Kier alpha value is -2.10. The SMILES string of the molecule is CC(OC(=O)c1cc(S(=O)(=O)Nc2ccc(Br)cc2)ccc1Cl)C(N)=O. The van der Waals surface area contributed by atoms with E-state index in [0.29, 0.717) is 5.69 Å². The molecule has 2 rings (SSSR count). The molecule has 1 unspecified atom stereocenters. The second-order valence-corrected chi connectivity index (χ2v) is 8.21. The number of ether oxygens (including phenoxy) is 1. The minimum Gasteiger partial charge on any atom is -0.449 e. The number of carbonyl (C=O) groups excluding carboxylic acids is 2. The topological polar surface area (TPSA) is 116 Å². The van der Waals surface area contributed by atoms with Crippen LogP contribution in [0.4, 0.5) is 5.69 Å². The zero-order valence-corrected chi connectivity index (χ0v) is 16.6. The minimum atomic E-state index is -3.97. The van der Waals surface area contributed by atoms with Crippen LogP contribution in [0.25, 0.3) is 0 Å². The molecule has 0 spiro atoms. The molecular weight excluding hydrogens is 448 g/mol. The summed E-state index contributed by atoms with van der Waals surface area (Å²) in [6, 6.07) is 10.1. The van der Waals surface area contributed by atoms with Gasteiger partial charge in [-0.05, 0) is 49.4 Å². The smallest absolute Gasteiger partial charge is 0.340 e. The van der Waals surface area contributed by atoms with Crippen LogP contribution in [0.2, 0.25) is 5.02 Å². The van der Waals surface area contributed by atoms with Crippen LogP contribution in [0.3, 0.4) is 0 Å². The highest BCUT2D eigenvalue weighted by atomic mass is 79.9. The van der Waals surface area contributed by atoms with E-state index in [2.05, 4.69) is 20.7 Å². The van der Waals surface area contributed by atoms with E-state index < -0.39 is 28.0 Å². The van der Waals surface area contributed by atoms with Crippen LogP contribution in [0.1, 0.15) is 17.3 Å². The van der Waals surface area contributed by atoms with E-state index in [9.17, 15) is 18.0 Å². The fraction of sp³-hybridized carbons (Fsp3) is 0.125. The van der Waals surface area contributed by atoms with Crippen molar-refractivity contribution in [2.24, 2.45) is 5.73 Å². The molecule has 26 heavy (non-hydrogen) atoms. The maximum absolute atomic E-state index is 12.5. The second kappa shape index (κ2) is 8.07. The third-order valence-corrected chi connectivity index (χ3v) is 5.49. The lowest BCUT2D eigenvalue weighted by molar-refractivity contribution is -0.125. The molecule has 7 nitrogen and oxygen atoms in total. The van der Waals surface area contributed by atoms with Crippen molar-refractivity contribution >= 4 is 55.1 Å². The Morgan fingerprint density at radius 3 is 2.38 bits per heavy atom. The largest absolute Gasteiger partial charge is 0.449 e. The highest BCUT2D eigenvalue weighted by Gasteiger charge is 2.22. The number of anilines is 1. The number of esters is 1. The van der Waals surface area contributed by atoms with E-state index >= 15 is 0 Å². The highest BCUT2D eigenvalue weighted by molar-refractivity contribution is 9.10. The van der Waals surface area contributed by atoms with Gasteiger partial charge in [0.1, 0.15) is 0 Å². The van der Waals surface area contributed by atoms with Crippen LogP contribution in [0.15, 0.2) is 51.8 Å². The number of sulfonamides is 1. The fourth-order valence-corrected chi connectivity index (χ4v) is 3.39. The lowest BCUT2D eigenvalue weighted by atomic mass is 10.2. The molecule has 1 amide bonds. The Morgan fingerprint density at radius 2 is 1.81 bits per heavy atom. The monoisotopic (exact) mass is 460 g/mol. The third kappa shape index (κ3) is 4.96. The van der Waals surface area contributed by atoms with Gasteiger partial charge in [-0.25, -0.2) is 13.2 Å². The molecular formula is C16H14BrClN2O5S. The summed E-state index contributed by atoms with van der Waals surface area (Å²) in [6.07, 6.45) is -1.18. The zero-order valence-electron chi connectivity index (χ0n) is 13.4. The summed E-state index contributed by atoms with van der Waals surface area (Å²) in [4.78, 5) is 22.9. The summed E-state index contributed by atoms with van der Waals surface area (Å²) in [6.45, 7) is 1.30. The summed E-state index contributed by atoms with van der Waals surface area (Å²) < 4.78 is 33.1. The molecule has 2 aromatic carbocycles. The Balaban J connectivity index is 2.31. The lowest BCUT2D eigenvalue weighted by Gasteiger charge is -2.12. The number of hydrogen-bond acceptors (Lipinski definition) is 5. The van der Waals surface area contributed by atoms with Crippen molar-refractivity contribution in [3.05, 3.63) is 57.5 Å². The van der Waals surface area contributed by atoms with Gasteiger partial charge in [-0.2, -0.15) is 0 Å². The normalized spacial score (nSPS) is 12.3. The first-order chi connectivity index (χ1) is 12.1. The van der Waals surface area contributed by atoms with Crippen molar-refractivity contribution in [3.63, 3.8) is 0 Å². The molecule has 10 heteroatoms. The summed E-state index contributed by atoms with van der Waals surface area (Å²) in [5.41, 5.74) is 5.18. The van der Waals surface area contributed by atoms with E-state index in [1.807, 2.05) is 0 Å². The third-order valence-electron chi connectivity index (χ3n) is 3.25. The molecule has 3 N–H and O–H groups in total. The Morgan fingerprint density at radius 1 is 1.19 bits per heavy atom. The minimum absolute atomic E-state index is 0.0192. The first kappa shape index (κ1) is 20.2. The summed E-state index contributed by atoms with van der Waals surface area (Å²) >= 11 is 9.20. The van der Waals surface area contributed by atoms with Gasteiger partial charge in [0, 0.05) is 10.2 Å². The highest BCUT2D eigenvalue weighted by Crippen LogP contribution is 2.24. The molecule has 138 valence electrons. The van der Waals surface area contributed by atoms with Crippen LogP contribution in [-0.4, -0.2) is 26.4 Å². The predicted octanol–water partition coefficient (Wildman–Crippen LogP) is 2.93. The van der Waals surface area contributed by atoms with Crippen LogP contribution >= 0.6 is 27.5 Å². The van der Waals surface area contributed by atoms with Crippen LogP contribution in [-0.2, 0) is 19.6 Å². The first-order valence-corrected chi connectivity index (χ1v) is 9.84. The first-order valence-electron chi connectivity index (χ1n) is 7.18. The number of nitrogens with one attached hydrogen (secondary N) is 1. The molecule has 0 aliphatic rings. The van der Waals surface area contributed by atoms with Gasteiger partial charge >= 0.3 is 5.97 Å². The van der Waals surface area contributed by atoms with Gasteiger partial charge < -0.3 is 10.5 Å². The Bertz CT molecular complexity index is 948. The molecule has 0 bridgehead atoms. The van der Waals surface area contributed by atoms with Gasteiger partial charge in [0.25, 0.3) is 15.9 Å². The van der Waals surface area contributed by atoms with E-state index in [1.54, 1.807) is 24.3 Å². The second-order valence-electron chi connectivity index (χ2n) is 5.20. The average molecular weight is 462 g/mol. The molecule has 1 atom stereocenters. The zero-order chi connectivity index (χ0) is 19.5. The van der Waals surface area contributed by atoms with Gasteiger partial charge in [-0.1, -0.05) is 27.5 Å². The van der Waals surface area contributed by atoms with Crippen molar-refractivity contribution < 1.29 is 22.7 Å². The van der Waals surface area contributed by atoms with Crippen LogP contribution < -0.4 is 10.5 Å². The van der Waals surface area contributed by atoms with Crippen molar-refractivity contribution in [3.8, 4) is 0 Å². The molecule has 0 saturated carbocycles. The van der Waals surface area contributed by atoms with Crippen molar-refractivity contribution in [1.29, 1.82) is 0 Å². The number of amides is 1. The van der Waals surface area contributed by atoms with Crippen LogP contribution in [0, 0.1) is 0 Å². The number of carbonyl (C=O) groups is 2. The lowest BCUT2D eigenvalue weighted by Crippen LogP contribution is -2.30. The van der Waals surface area contributed by atoms with Gasteiger partial charge in [0.05, 0.1) is 15.5 Å². The molecule has 0 aromatic heterocycles. The number of rotatable bonds is 6. The molecule has 0 fully saturated rings. The fourth-order valence-electron chi connectivity index (χ4n) is 1.84. The quantitative estimate of drug-likeness (QED) is 0.642. The predicted molar refractivity (Wildman–Crippen MR) is 100 cm³/mol. The standard InChI is InChI=1S/C16H14BrClN2O5S/c1-9(15(19)21)25-16(22)13-8-12(6-7-14(13)18)26(23,24)20-11-4-2-10(17)3-5-11/h2-9,20H,1H3,(H2,19,21). The molecule has 0 saturated heterocycles. The summed E-state index contributed by atoms with van der Waals surface area (Å²) in [7, 11) is -3.97. The van der Waals surface area contributed by atoms with Gasteiger partial charge in [0.2, 0.25) is 0 Å².